The molecule has 0 atom stereocenters. The third kappa shape index (κ3) is 3.44. The van der Waals surface area contributed by atoms with Gasteiger partial charge < -0.3 is 5.73 Å². The van der Waals surface area contributed by atoms with E-state index in [2.05, 4.69) is 25.2 Å². The number of anilines is 1. The molecule has 0 radical (unpaired) electrons. The predicted octanol–water partition coefficient (Wildman–Crippen LogP) is 1.27. The zero-order valence-electron chi connectivity index (χ0n) is 12.3. The highest BCUT2D eigenvalue weighted by Crippen LogP contribution is 2.08. The summed E-state index contributed by atoms with van der Waals surface area (Å²) < 4.78 is 1.77. The number of nitrogens with zero attached hydrogens (tertiary/aromatic N) is 6. The van der Waals surface area contributed by atoms with Crippen LogP contribution in [0.4, 0.5) is 5.95 Å². The number of para-hydroxylation sites is 1. The molecule has 3 rings (SSSR count). The molecule has 0 bridgehead atoms. The molecule has 3 aromatic rings. The van der Waals surface area contributed by atoms with Gasteiger partial charge in [0.2, 0.25) is 5.95 Å². The lowest BCUT2D eigenvalue weighted by atomic mass is 10.3. The van der Waals surface area contributed by atoms with Crippen LogP contribution in [-0.4, -0.2) is 36.9 Å². The highest BCUT2D eigenvalue weighted by Gasteiger charge is 2.07. The number of rotatable bonds is 5. The van der Waals surface area contributed by atoms with Crippen molar-refractivity contribution in [1.29, 1.82) is 0 Å². The van der Waals surface area contributed by atoms with Gasteiger partial charge in [-0.05, 0) is 19.2 Å². The van der Waals surface area contributed by atoms with E-state index in [0.29, 0.717) is 6.54 Å². The molecule has 112 valence electrons. The Balaban J connectivity index is 1.63. The molecule has 0 unspecified atom stereocenters. The standard InChI is InChI=1S/C15H17N7/c1-21(9-12-7-17-15(16)18-8-12)10-13-11-22(20-19-13)14-5-3-2-4-6-14/h2-8,11H,9-10H2,1H3,(H2,16,17,18). The van der Waals surface area contributed by atoms with Gasteiger partial charge in [-0.2, -0.15) is 0 Å². The molecule has 2 heterocycles. The smallest absolute Gasteiger partial charge is 0.219 e. The summed E-state index contributed by atoms with van der Waals surface area (Å²) in [6, 6.07) is 9.92. The molecule has 22 heavy (non-hydrogen) atoms. The van der Waals surface area contributed by atoms with Gasteiger partial charge in [-0.3, -0.25) is 4.90 Å². The van der Waals surface area contributed by atoms with Crippen molar-refractivity contribution in [3.05, 3.63) is 60.2 Å². The number of nitrogen functional groups attached to an aromatic ring is 1. The largest absolute Gasteiger partial charge is 0.368 e. The Labute approximate surface area is 128 Å². The van der Waals surface area contributed by atoms with Gasteiger partial charge in [-0.15, -0.1) is 5.10 Å². The van der Waals surface area contributed by atoms with Crippen molar-refractivity contribution < 1.29 is 0 Å². The molecule has 0 saturated carbocycles. The van der Waals surface area contributed by atoms with Crippen molar-refractivity contribution in [1.82, 2.24) is 29.9 Å². The topological polar surface area (TPSA) is 85.8 Å². The first-order valence-corrected chi connectivity index (χ1v) is 6.92. The third-order valence-electron chi connectivity index (χ3n) is 3.17. The summed E-state index contributed by atoms with van der Waals surface area (Å²) in [7, 11) is 2.01. The molecule has 0 aliphatic heterocycles. The van der Waals surface area contributed by atoms with Crippen LogP contribution in [0.15, 0.2) is 48.9 Å². The minimum Gasteiger partial charge on any atom is -0.368 e. The molecule has 0 fully saturated rings. The van der Waals surface area contributed by atoms with Crippen LogP contribution in [0.3, 0.4) is 0 Å². The van der Waals surface area contributed by atoms with Crippen LogP contribution in [0.5, 0.6) is 0 Å². The van der Waals surface area contributed by atoms with E-state index in [1.54, 1.807) is 17.1 Å². The van der Waals surface area contributed by atoms with Gasteiger partial charge in [-0.1, -0.05) is 23.4 Å². The molecule has 7 nitrogen and oxygen atoms in total. The summed E-state index contributed by atoms with van der Waals surface area (Å²) in [5.74, 6) is 0.289. The molecule has 0 amide bonds. The van der Waals surface area contributed by atoms with Crippen molar-refractivity contribution in [2.24, 2.45) is 0 Å². The molecule has 2 N–H and O–H groups in total. The third-order valence-corrected chi connectivity index (χ3v) is 3.17. The summed E-state index contributed by atoms with van der Waals surface area (Å²) in [5, 5.41) is 8.37. The Morgan fingerprint density at radius 3 is 2.55 bits per heavy atom. The van der Waals surface area contributed by atoms with E-state index in [1.165, 1.54) is 0 Å². The van der Waals surface area contributed by atoms with E-state index in [4.69, 9.17) is 5.73 Å². The van der Waals surface area contributed by atoms with Crippen molar-refractivity contribution in [2.75, 3.05) is 12.8 Å². The average Bonchev–Trinajstić information content (AvgIpc) is 2.99. The van der Waals surface area contributed by atoms with Gasteiger partial charge in [-0.25, -0.2) is 14.6 Å². The maximum absolute atomic E-state index is 5.48. The van der Waals surface area contributed by atoms with E-state index >= 15 is 0 Å². The Kier molecular flexibility index (Phi) is 4.06. The van der Waals surface area contributed by atoms with E-state index in [-0.39, 0.29) is 5.95 Å². The molecular weight excluding hydrogens is 278 g/mol. The van der Waals surface area contributed by atoms with Crippen molar-refractivity contribution >= 4 is 5.95 Å². The van der Waals surface area contributed by atoms with E-state index in [1.807, 2.05) is 43.6 Å². The number of aromatic nitrogens is 5. The minimum atomic E-state index is 0.289. The zero-order valence-corrected chi connectivity index (χ0v) is 12.3. The summed E-state index contributed by atoms with van der Waals surface area (Å²) in [4.78, 5) is 10.1. The SMILES string of the molecule is CN(Cc1cnc(N)nc1)Cc1cn(-c2ccccc2)nn1. The van der Waals surface area contributed by atoms with E-state index in [0.717, 1.165) is 23.5 Å². The van der Waals surface area contributed by atoms with Crippen LogP contribution in [0, 0.1) is 0 Å². The maximum Gasteiger partial charge on any atom is 0.219 e. The fourth-order valence-electron chi connectivity index (χ4n) is 2.17. The Bertz CT molecular complexity index is 721. The summed E-state index contributed by atoms with van der Waals surface area (Å²) in [5.41, 5.74) is 8.39. The van der Waals surface area contributed by atoms with Gasteiger partial charge in [0.1, 0.15) is 0 Å². The van der Waals surface area contributed by atoms with E-state index < -0.39 is 0 Å². The second-order valence-corrected chi connectivity index (χ2v) is 5.11. The van der Waals surface area contributed by atoms with Gasteiger partial charge in [0.05, 0.1) is 17.6 Å². The second kappa shape index (κ2) is 6.31. The van der Waals surface area contributed by atoms with Crippen LogP contribution in [0.1, 0.15) is 11.3 Å². The minimum absolute atomic E-state index is 0.289. The first-order valence-electron chi connectivity index (χ1n) is 6.92. The van der Waals surface area contributed by atoms with Crippen molar-refractivity contribution in [3.63, 3.8) is 0 Å². The summed E-state index contributed by atoms with van der Waals surface area (Å²) in [6.07, 6.45) is 5.41. The summed E-state index contributed by atoms with van der Waals surface area (Å²) in [6.45, 7) is 1.41. The Morgan fingerprint density at radius 1 is 1.09 bits per heavy atom. The van der Waals surface area contributed by atoms with Crippen LogP contribution < -0.4 is 5.73 Å². The van der Waals surface area contributed by atoms with Crippen molar-refractivity contribution in [3.8, 4) is 5.69 Å². The fourth-order valence-corrected chi connectivity index (χ4v) is 2.17. The quantitative estimate of drug-likeness (QED) is 0.763. The monoisotopic (exact) mass is 295 g/mol. The highest BCUT2D eigenvalue weighted by molar-refractivity contribution is 5.29. The predicted molar refractivity (Wildman–Crippen MR) is 83.0 cm³/mol. The number of hydrogen-bond donors (Lipinski definition) is 1. The molecule has 0 aliphatic carbocycles. The van der Waals surface area contributed by atoms with Gasteiger partial charge in [0.25, 0.3) is 0 Å². The number of hydrogen-bond acceptors (Lipinski definition) is 6. The van der Waals surface area contributed by atoms with Gasteiger partial charge in [0, 0.05) is 31.0 Å². The van der Waals surface area contributed by atoms with Crippen molar-refractivity contribution in [2.45, 2.75) is 13.1 Å². The van der Waals surface area contributed by atoms with Crippen LogP contribution in [0.25, 0.3) is 5.69 Å². The van der Waals surface area contributed by atoms with Gasteiger partial charge >= 0.3 is 0 Å². The first kappa shape index (κ1) is 14.2. The normalized spacial score (nSPS) is 11.0. The molecule has 7 heteroatoms. The second-order valence-electron chi connectivity index (χ2n) is 5.11. The summed E-state index contributed by atoms with van der Waals surface area (Å²) >= 11 is 0. The average molecular weight is 295 g/mol. The Hall–Kier alpha value is -2.80. The highest BCUT2D eigenvalue weighted by atomic mass is 15.4. The molecule has 0 aliphatic rings. The lowest BCUT2D eigenvalue weighted by Crippen LogP contribution is -2.18. The molecule has 0 saturated heterocycles. The molecule has 1 aromatic carbocycles. The number of nitrogens with two attached hydrogens (primary N) is 1. The first-order chi connectivity index (χ1) is 10.7. The Morgan fingerprint density at radius 2 is 1.82 bits per heavy atom. The van der Waals surface area contributed by atoms with Crippen LogP contribution in [-0.2, 0) is 13.1 Å². The molecule has 2 aromatic heterocycles. The lowest BCUT2D eigenvalue weighted by molar-refractivity contribution is 0.314. The molecular formula is C15H17N7. The lowest BCUT2D eigenvalue weighted by Gasteiger charge is -2.14. The maximum atomic E-state index is 5.48. The van der Waals surface area contributed by atoms with Crippen LogP contribution in [0.2, 0.25) is 0 Å². The molecule has 0 spiro atoms. The zero-order chi connectivity index (χ0) is 15.4. The van der Waals surface area contributed by atoms with Gasteiger partial charge in [0.15, 0.2) is 0 Å². The van der Waals surface area contributed by atoms with Crippen LogP contribution >= 0.6 is 0 Å². The number of benzene rings is 1. The fraction of sp³-hybridized carbons (Fsp3) is 0.200. The van der Waals surface area contributed by atoms with E-state index in [9.17, 15) is 0 Å².